The van der Waals surface area contributed by atoms with E-state index in [9.17, 15) is 8.42 Å². The molecule has 2 rings (SSSR count). The topological polar surface area (TPSA) is 58.2 Å². The third kappa shape index (κ3) is 4.28. The van der Waals surface area contributed by atoms with E-state index >= 15 is 0 Å². The zero-order chi connectivity index (χ0) is 15.5. The van der Waals surface area contributed by atoms with Crippen molar-refractivity contribution in [3.63, 3.8) is 0 Å². The van der Waals surface area contributed by atoms with E-state index in [1.807, 2.05) is 26.0 Å². The maximum atomic E-state index is 12.5. The molecule has 1 fully saturated rings. The molecule has 0 spiro atoms. The monoisotopic (exact) mass is 310 g/mol. The molecule has 1 aliphatic rings. The number of hydrogen-bond donors (Lipinski definition) is 2. The molecule has 0 amide bonds. The predicted molar refractivity (Wildman–Crippen MR) is 85.7 cm³/mol. The summed E-state index contributed by atoms with van der Waals surface area (Å²) in [6, 6.07) is 7.45. The van der Waals surface area contributed by atoms with Gasteiger partial charge in [-0.25, -0.2) is 13.1 Å². The summed E-state index contributed by atoms with van der Waals surface area (Å²) in [5, 5.41) is 3.30. The van der Waals surface area contributed by atoms with Crippen molar-refractivity contribution >= 4 is 10.0 Å². The second-order valence-corrected chi connectivity index (χ2v) is 7.80. The van der Waals surface area contributed by atoms with E-state index in [0.717, 1.165) is 31.4 Å². The van der Waals surface area contributed by atoms with Gasteiger partial charge in [-0.15, -0.1) is 0 Å². The van der Waals surface area contributed by atoms with Gasteiger partial charge in [0, 0.05) is 12.1 Å². The van der Waals surface area contributed by atoms with Crippen LogP contribution < -0.4 is 10.0 Å². The molecule has 0 radical (unpaired) electrons. The highest BCUT2D eigenvalue weighted by atomic mass is 32.2. The molecule has 1 aliphatic carbocycles. The molecule has 0 heterocycles. The van der Waals surface area contributed by atoms with Gasteiger partial charge in [-0.1, -0.05) is 26.0 Å². The molecule has 21 heavy (non-hydrogen) atoms. The zero-order valence-electron chi connectivity index (χ0n) is 13.1. The quantitative estimate of drug-likeness (QED) is 0.849. The maximum Gasteiger partial charge on any atom is 0.240 e. The Bertz CT molecular complexity index is 571. The lowest BCUT2D eigenvalue weighted by Gasteiger charge is -2.16. The minimum Gasteiger partial charge on any atom is -0.310 e. The summed E-state index contributed by atoms with van der Waals surface area (Å²) in [4.78, 5) is 0.365. The lowest BCUT2D eigenvalue weighted by molar-refractivity contribution is 0.538. The second-order valence-electron chi connectivity index (χ2n) is 6.09. The molecule has 0 aromatic heterocycles. The van der Waals surface area contributed by atoms with E-state index < -0.39 is 10.0 Å². The summed E-state index contributed by atoms with van der Waals surface area (Å²) in [6.07, 6.45) is 2.98. The van der Waals surface area contributed by atoms with E-state index in [-0.39, 0.29) is 12.1 Å². The summed E-state index contributed by atoms with van der Waals surface area (Å²) in [5.74, 6) is 0.609. The normalized spacial score (nSPS) is 24.1. The summed E-state index contributed by atoms with van der Waals surface area (Å²) >= 11 is 0. The van der Waals surface area contributed by atoms with Gasteiger partial charge in [-0.05, 0) is 56.3 Å². The van der Waals surface area contributed by atoms with Crippen LogP contribution in [-0.2, 0) is 10.0 Å². The first kappa shape index (κ1) is 16.5. The van der Waals surface area contributed by atoms with Gasteiger partial charge in [-0.3, -0.25) is 0 Å². The van der Waals surface area contributed by atoms with E-state index in [0.29, 0.717) is 10.8 Å². The number of sulfonamides is 1. The summed E-state index contributed by atoms with van der Waals surface area (Å²) in [6.45, 7) is 7.12. The third-order valence-corrected chi connectivity index (χ3v) is 5.71. The average molecular weight is 310 g/mol. The minimum atomic E-state index is -3.42. The molecule has 3 unspecified atom stereocenters. The van der Waals surface area contributed by atoms with Crippen molar-refractivity contribution < 1.29 is 8.42 Å². The molecule has 3 atom stereocenters. The highest BCUT2D eigenvalue weighted by Crippen LogP contribution is 2.26. The molecule has 0 saturated heterocycles. The molecular formula is C16H26N2O2S. The Morgan fingerprint density at radius 2 is 2.10 bits per heavy atom. The van der Waals surface area contributed by atoms with Crippen molar-refractivity contribution in [2.24, 2.45) is 5.92 Å². The van der Waals surface area contributed by atoms with Gasteiger partial charge in [0.1, 0.15) is 0 Å². The van der Waals surface area contributed by atoms with Crippen LogP contribution in [0.3, 0.4) is 0 Å². The van der Waals surface area contributed by atoms with Crippen molar-refractivity contribution in [1.29, 1.82) is 0 Å². The van der Waals surface area contributed by atoms with Crippen LogP contribution >= 0.6 is 0 Å². The molecule has 5 heteroatoms. The number of rotatable bonds is 6. The van der Waals surface area contributed by atoms with Gasteiger partial charge >= 0.3 is 0 Å². The van der Waals surface area contributed by atoms with Crippen LogP contribution in [0.5, 0.6) is 0 Å². The van der Waals surface area contributed by atoms with Crippen LogP contribution in [0.4, 0.5) is 0 Å². The maximum absolute atomic E-state index is 12.5. The molecule has 1 aromatic carbocycles. The lowest BCUT2D eigenvalue weighted by atomic mass is 10.1. The van der Waals surface area contributed by atoms with Crippen LogP contribution in [0.2, 0.25) is 0 Å². The molecule has 0 aliphatic heterocycles. The summed E-state index contributed by atoms with van der Waals surface area (Å²) in [5.41, 5.74) is 1.000. The van der Waals surface area contributed by atoms with E-state index in [1.165, 1.54) is 0 Å². The van der Waals surface area contributed by atoms with Crippen LogP contribution in [0, 0.1) is 5.92 Å². The number of nitrogens with one attached hydrogen (secondary N) is 2. The first-order chi connectivity index (χ1) is 9.92. The van der Waals surface area contributed by atoms with Crippen LogP contribution in [0.25, 0.3) is 0 Å². The van der Waals surface area contributed by atoms with E-state index in [2.05, 4.69) is 17.0 Å². The molecule has 2 N–H and O–H groups in total. The van der Waals surface area contributed by atoms with E-state index in [4.69, 9.17) is 0 Å². The van der Waals surface area contributed by atoms with Crippen LogP contribution in [0.15, 0.2) is 29.2 Å². The van der Waals surface area contributed by atoms with Gasteiger partial charge in [0.05, 0.1) is 4.90 Å². The van der Waals surface area contributed by atoms with Gasteiger partial charge in [0.25, 0.3) is 0 Å². The SMILES string of the molecule is CCNC(C)c1cccc(S(=O)(=O)NC2CCC(C)C2)c1. The lowest BCUT2D eigenvalue weighted by Crippen LogP contribution is -2.33. The largest absolute Gasteiger partial charge is 0.310 e. The van der Waals surface area contributed by atoms with Crippen LogP contribution in [0.1, 0.15) is 51.6 Å². The molecule has 1 saturated carbocycles. The van der Waals surface area contributed by atoms with Crippen molar-refractivity contribution in [3.8, 4) is 0 Å². The Hall–Kier alpha value is -0.910. The third-order valence-electron chi connectivity index (χ3n) is 4.20. The fourth-order valence-corrected chi connectivity index (χ4v) is 4.31. The molecule has 4 nitrogen and oxygen atoms in total. The fourth-order valence-electron chi connectivity index (χ4n) is 2.98. The Kier molecular flexibility index (Phi) is 5.41. The first-order valence-electron chi connectivity index (χ1n) is 7.78. The standard InChI is InChI=1S/C16H26N2O2S/c1-4-17-13(3)14-6-5-7-16(11-14)21(19,20)18-15-9-8-12(2)10-15/h5-7,11-13,15,17-18H,4,8-10H2,1-3H3. The van der Waals surface area contributed by atoms with Gasteiger partial charge in [0.15, 0.2) is 0 Å². The Labute approximate surface area is 128 Å². The van der Waals surface area contributed by atoms with E-state index in [1.54, 1.807) is 12.1 Å². The number of benzene rings is 1. The van der Waals surface area contributed by atoms with Gasteiger partial charge in [-0.2, -0.15) is 0 Å². The highest BCUT2D eigenvalue weighted by Gasteiger charge is 2.26. The average Bonchev–Trinajstić information content (AvgIpc) is 2.84. The molecular weight excluding hydrogens is 284 g/mol. The zero-order valence-corrected chi connectivity index (χ0v) is 13.9. The van der Waals surface area contributed by atoms with Crippen LogP contribution in [-0.4, -0.2) is 21.0 Å². The van der Waals surface area contributed by atoms with Gasteiger partial charge < -0.3 is 5.32 Å². The summed E-state index contributed by atoms with van der Waals surface area (Å²) < 4.78 is 27.8. The first-order valence-corrected chi connectivity index (χ1v) is 9.26. The van der Waals surface area contributed by atoms with Crippen molar-refractivity contribution in [3.05, 3.63) is 29.8 Å². The van der Waals surface area contributed by atoms with Gasteiger partial charge in [0.2, 0.25) is 10.0 Å². The Balaban J connectivity index is 2.14. The fraction of sp³-hybridized carbons (Fsp3) is 0.625. The summed E-state index contributed by atoms with van der Waals surface area (Å²) in [7, 11) is -3.42. The van der Waals surface area contributed by atoms with Crippen molar-refractivity contribution in [1.82, 2.24) is 10.0 Å². The Morgan fingerprint density at radius 3 is 2.71 bits per heavy atom. The van der Waals surface area contributed by atoms with Crippen molar-refractivity contribution in [2.45, 2.75) is 57.0 Å². The highest BCUT2D eigenvalue weighted by molar-refractivity contribution is 7.89. The second kappa shape index (κ2) is 6.90. The number of hydrogen-bond acceptors (Lipinski definition) is 3. The predicted octanol–water partition coefficient (Wildman–Crippen LogP) is 2.82. The molecule has 118 valence electrons. The minimum absolute atomic E-state index is 0.0832. The molecule has 1 aromatic rings. The Morgan fingerprint density at radius 1 is 1.33 bits per heavy atom. The molecule has 0 bridgehead atoms. The smallest absolute Gasteiger partial charge is 0.240 e. The van der Waals surface area contributed by atoms with Crippen molar-refractivity contribution in [2.75, 3.05) is 6.54 Å².